The third-order valence-electron chi connectivity index (χ3n) is 3.24. The molecule has 0 aliphatic heterocycles. The first kappa shape index (κ1) is 20.2. The van der Waals surface area contributed by atoms with Crippen molar-refractivity contribution in [3.8, 4) is 5.75 Å². The van der Waals surface area contributed by atoms with Crippen LogP contribution in [0.25, 0.3) is 0 Å². The summed E-state index contributed by atoms with van der Waals surface area (Å²) in [4.78, 5) is 23.8. The number of benzene rings is 2. The van der Waals surface area contributed by atoms with Gasteiger partial charge < -0.3 is 14.8 Å². The molecule has 2 rings (SSSR count). The summed E-state index contributed by atoms with van der Waals surface area (Å²) in [7, 11) is 0. The predicted octanol–water partition coefficient (Wildman–Crippen LogP) is 3.98. The lowest BCUT2D eigenvalue weighted by molar-refractivity contribution is 0.0635. The van der Waals surface area contributed by atoms with Crippen LogP contribution < -0.4 is 15.4 Å². The molecule has 0 aliphatic carbocycles. The molecular formula is C20H23FN2O4. The molecule has 0 fully saturated rings. The number of halogens is 1. The Morgan fingerprint density at radius 3 is 2.41 bits per heavy atom. The Morgan fingerprint density at radius 1 is 1.07 bits per heavy atom. The summed E-state index contributed by atoms with van der Waals surface area (Å²) in [6.45, 7) is 5.81. The van der Waals surface area contributed by atoms with Crippen molar-refractivity contribution >= 4 is 17.7 Å². The average molecular weight is 374 g/mol. The number of carbonyl (C=O) groups is 2. The van der Waals surface area contributed by atoms with Crippen LogP contribution in [0.15, 0.2) is 48.5 Å². The molecule has 0 bridgehead atoms. The number of ether oxygens (including phenoxy) is 2. The molecule has 0 saturated carbocycles. The van der Waals surface area contributed by atoms with Gasteiger partial charge >= 0.3 is 6.09 Å². The fourth-order valence-electron chi connectivity index (χ4n) is 2.12. The zero-order valence-electron chi connectivity index (χ0n) is 15.5. The highest BCUT2D eigenvalue weighted by Crippen LogP contribution is 2.13. The zero-order valence-corrected chi connectivity index (χ0v) is 15.5. The van der Waals surface area contributed by atoms with Gasteiger partial charge in [0.2, 0.25) is 0 Å². The molecule has 0 atom stereocenters. The Hall–Kier alpha value is -3.09. The maximum atomic E-state index is 13.0. The van der Waals surface area contributed by atoms with Crippen molar-refractivity contribution < 1.29 is 23.5 Å². The summed E-state index contributed by atoms with van der Waals surface area (Å²) in [5.41, 5.74) is 0.378. The molecule has 0 saturated heterocycles. The number of hydrogen-bond donors (Lipinski definition) is 2. The highest BCUT2D eigenvalue weighted by molar-refractivity contribution is 5.95. The van der Waals surface area contributed by atoms with Crippen molar-refractivity contribution in [2.45, 2.75) is 26.4 Å². The second-order valence-corrected chi connectivity index (χ2v) is 6.77. The lowest BCUT2D eigenvalue weighted by Crippen LogP contribution is -2.28. The molecular weight excluding hydrogens is 351 g/mol. The van der Waals surface area contributed by atoms with Crippen molar-refractivity contribution in [3.05, 3.63) is 59.9 Å². The van der Waals surface area contributed by atoms with Crippen LogP contribution in [0.2, 0.25) is 0 Å². The quantitative estimate of drug-likeness (QED) is 0.750. The smallest absolute Gasteiger partial charge is 0.412 e. The standard InChI is InChI=1S/C20H23FN2O4/c1-20(2,3)27-19(25)23-16-9-7-14(8-10-16)18(24)22-11-12-26-17-6-4-5-15(21)13-17/h4-10,13H,11-12H2,1-3H3,(H,22,24)(H,23,25). The number of hydrogen-bond acceptors (Lipinski definition) is 4. The summed E-state index contributed by atoms with van der Waals surface area (Å²) in [6.07, 6.45) is -0.561. The van der Waals surface area contributed by atoms with Gasteiger partial charge in [0.25, 0.3) is 5.91 Å². The maximum Gasteiger partial charge on any atom is 0.412 e. The van der Waals surface area contributed by atoms with E-state index in [1.165, 1.54) is 12.1 Å². The normalized spacial score (nSPS) is 10.8. The van der Waals surface area contributed by atoms with Crippen LogP contribution in [0, 0.1) is 5.82 Å². The van der Waals surface area contributed by atoms with Crippen LogP contribution in [-0.4, -0.2) is 30.8 Å². The average Bonchev–Trinajstić information content (AvgIpc) is 2.57. The predicted molar refractivity (Wildman–Crippen MR) is 101 cm³/mol. The van der Waals surface area contributed by atoms with E-state index in [2.05, 4.69) is 10.6 Å². The Morgan fingerprint density at radius 2 is 1.78 bits per heavy atom. The Kier molecular flexibility index (Phi) is 6.76. The summed E-state index contributed by atoms with van der Waals surface area (Å²) >= 11 is 0. The summed E-state index contributed by atoms with van der Waals surface area (Å²) in [5.74, 6) is -0.250. The third-order valence-corrected chi connectivity index (χ3v) is 3.24. The number of anilines is 1. The number of nitrogens with one attached hydrogen (secondary N) is 2. The van der Waals surface area contributed by atoms with Crippen LogP contribution in [0.3, 0.4) is 0 Å². The third kappa shape index (κ3) is 7.35. The molecule has 27 heavy (non-hydrogen) atoms. The van der Waals surface area contributed by atoms with Gasteiger partial charge in [0.1, 0.15) is 23.8 Å². The first-order chi connectivity index (χ1) is 12.7. The van der Waals surface area contributed by atoms with E-state index in [0.717, 1.165) is 0 Å². The van der Waals surface area contributed by atoms with Gasteiger partial charge in [-0.2, -0.15) is 0 Å². The van der Waals surface area contributed by atoms with Crippen molar-refractivity contribution in [3.63, 3.8) is 0 Å². The minimum Gasteiger partial charge on any atom is -0.492 e. The molecule has 0 spiro atoms. The minimum absolute atomic E-state index is 0.216. The molecule has 0 heterocycles. The largest absolute Gasteiger partial charge is 0.492 e. The van der Waals surface area contributed by atoms with Crippen LogP contribution in [0.1, 0.15) is 31.1 Å². The minimum atomic E-state index is -0.586. The fraction of sp³-hybridized carbons (Fsp3) is 0.300. The monoisotopic (exact) mass is 374 g/mol. The van der Waals surface area contributed by atoms with Crippen LogP contribution in [0.5, 0.6) is 5.75 Å². The van der Waals surface area contributed by atoms with E-state index in [0.29, 0.717) is 17.0 Å². The van der Waals surface area contributed by atoms with Gasteiger partial charge in [0.15, 0.2) is 0 Å². The molecule has 7 heteroatoms. The van der Waals surface area contributed by atoms with Crippen LogP contribution >= 0.6 is 0 Å². The molecule has 0 unspecified atom stereocenters. The first-order valence-electron chi connectivity index (χ1n) is 8.49. The topological polar surface area (TPSA) is 76.7 Å². The van der Waals surface area contributed by atoms with Crippen LogP contribution in [-0.2, 0) is 4.74 Å². The summed E-state index contributed by atoms with van der Waals surface area (Å²) in [5, 5.41) is 5.30. The van der Waals surface area contributed by atoms with Gasteiger partial charge in [0.05, 0.1) is 6.54 Å². The molecule has 6 nitrogen and oxygen atoms in total. The zero-order chi connectivity index (χ0) is 19.9. The van der Waals surface area contributed by atoms with E-state index in [4.69, 9.17) is 9.47 Å². The highest BCUT2D eigenvalue weighted by Gasteiger charge is 2.16. The Labute approximate surface area is 157 Å². The fourth-order valence-corrected chi connectivity index (χ4v) is 2.12. The van der Waals surface area contributed by atoms with Gasteiger partial charge in [-0.05, 0) is 57.2 Å². The van der Waals surface area contributed by atoms with Crippen molar-refractivity contribution in [1.29, 1.82) is 0 Å². The molecule has 2 N–H and O–H groups in total. The summed E-state index contributed by atoms with van der Waals surface area (Å²) < 4.78 is 23.6. The molecule has 144 valence electrons. The lowest BCUT2D eigenvalue weighted by atomic mass is 10.2. The van der Waals surface area contributed by atoms with Crippen molar-refractivity contribution in [2.24, 2.45) is 0 Å². The Bertz CT molecular complexity index is 785. The van der Waals surface area contributed by atoms with Gasteiger partial charge in [0, 0.05) is 17.3 Å². The Balaban J connectivity index is 1.77. The number of carbonyl (C=O) groups excluding carboxylic acids is 2. The van der Waals surface area contributed by atoms with Crippen molar-refractivity contribution in [1.82, 2.24) is 5.32 Å². The van der Waals surface area contributed by atoms with E-state index in [1.807, 2.05) is 0 Å². The van der Waals surface area contributed by atoms with E-state index >= 15 is 0 Å². The molecule has 0 aromatic heterocycles. The van der Waals surface area contributed by atoms with Crippen molar-refractivity contribution in [2.75, 3.05) is 18.5 Å². The van der Waals surface area contributed by atoms with Gasteiger partial charge in [-0.25, -0.2) is 9.18 Å². The molecule has 2 amide bonds. The van der Waals surface area contributed by atoms with Gasteiger partial charge in [-0.3, -0.25) is 10.1 Å². The second-order valence-electron chi connectivity index (χ2n) is 6.77. The lowest BCUT2D eigenvalue weighted by Gasteiger charge is -2.19. The van der Waals surface area contributed by atoms with E-state index in [9.17, 15) is 14.0 Å². The van der Waals surface area contributed by atoms with E-state index in [1.54, 1.807) is 57.2 Å². The number of amides is 2. The molecule has 0 aliphatic rings. The van der Waals surface area contributed by atoms with Crippen LogP contribution in [0.4, 0.5) is 14.9 Å². The SMILES string of the molecule is CC(C)(C)OC(=O)Nc1ccc(C(=O)NCCOc2cccc(F)c2)cc1. The molecule has 0 radical (unpaired) electrons. The summed E-state index contributed by atoms with van der Waals surface area (Å²) in [6, 6.07) is 12.2. The van der Waals surface area contributed by atoms with E-state index in [-0.39, 0.29) is 24.9 Å². The van der Waals surface area contributed by atoms with Gasteiger partial charge in [-0.15, -0.1) is 0 Å². The maximum absolute atomic E-state index is 13.0. The first-order valence-corrected chi connectivity index (χ1v) is 8.49. The number of rotatable bonds is 6. The molecule has 2 aromatic rings. The highest BCUT2D eigenvalue weighted by atomic mass is 19.1. The van der Waals surface area contributed by atoms with E-state index < -0.39 is 11.7 Å². The molecule has 2 aromatic carbocycles. The second kappa shape index (κ2) is 9.02. The van der Waals surface area contributed by atoms with Gasteiger partial charge in [-0.1, -0.05) is 6.07 Å².